The quantitative estimate of drug-likeness (QED) is 0.862. The van der Waals surface area contributed by atoms with E-state index in [1.165, 1.54) is 0 Å². The first-order valence-electron chi connectivity index (χ1n) is 5.70. The van der Waals surface area contributed by atoms with E-state index in [2.05, 4.69) is 32.7 Å². The number of rotatable bonds is 5. The van der Waals surface area contributed by atoms with Gasteiger partial charge in [0, 0.05) is 10.7 Å². The first-order valence-corrected chi connectivity index (χ1v) is 6.75. The van der Waals surface area contributed by atoms with Gasteiger partial charge in [0.2, 0.25) is 5.89 Å². The van der Waals surface area contributed by atoms with Crippen LogP contribution in [0.25, 0.3) is 0 Å². The van der Waals surface area contributed by atoms with Gasteiger partial charge in [0.15, 0.2) is 0 Å². The molecule has 0 amide bonds. The smallest absolute Gasteiger partial charge is 0.204 e. The Hall–Kier alpha value is -0.480. The number of hydrogen-bond acceptors (Lipinski definition) is 4. The summed E-state index contributed by atoms with van der Waals surface area (Å²) < 4.78 is 5.71. The predicted molar refractivity (Wildman–Crippen MR) is 69.6 cm³/mol. The Morgan fingerprint density at radius 2 is 2.19 bits per heavy atom. The van der Waals surface area contributed by atoms with Gasteiger partial charge in [-0.15, -0.1) is 11.8 Å². The monoisotopic (exact) mass is 242 g/mol. The third kappa shape index (κ3) is 4.18. The maximum absolute atomic E-state index is 5.71. The fraction of sp³-hybridized carbons (Fsp3) is 0.750. The summed E-state index contributed by atoms with van der Waals surface area (Å²) in [5, 5.41) is 0.565. The van der Waals surface area contributed by atoms with Gasteiger partial charge in [-0.1, -0.05) is 27.7 Å². The molecule has 0 bridgehead atoms. The van der Waals surface area contributed by atoms with E-state index in [4.69, 9.17) is 10.2 Å². The van der Waals surface area contributed by atoms with Gasteiger partial charge < -0.3 is 10.2 Å². The van der Waals surface area contributed by atoms with Crippen LogP contribution in [0.3, 0.4) is 0 Å². The highest BCUT2D eigenvalue weighted by molar-refractivity contribution is 7.99. The Balaban J connectivity index is 2.47. The molecule has 1 rings (SSSR count). The minimum absolute atomic E-state index is 0.0405. The molecule has 0 spiro atoms. The van der Waals surface area contributed by atoms with Crippen LogP contribution in [0.4, 0.5) is 0 Å². The SMILES string of the molecule is CC(CCN)SCc1ncc(C(C)(C)C)o1. The second kappa shape index (κ2) is 5.73. The normalized spacial score (nSPS) is 14.1. The minimum Gasteiger partial charge on any atom is -0.444 e. The maximum Gasteiger partial charge on any atom is 0.204 e. The van der Waals surface area contributed by atoms with Crippen molar-refractivity contribution in [2.75, 3.05) is 6.54 Å². The van der Waals surface area contributed by atoms with Crippen molar-refractivity contribution in [1.82, 2.24) is 4.98 Å². The zero-order valence-corrected chi connectivity index (χ0v) is 11.4. The summed E-state index contributed by atoms with van der Waals surface area (Å²) in [6, 6.07) is 0. The predicted octanol–water partition coefficient (Wildman–Crippen LogP) is 2.94. The number of nitrogens with zero attached hydrogens (tertiary/aromatic N) is 1. The molecule has 1 aromatic heterocycles. The Labute approximate surface area is 102 Å². The molecule has 3 nitrogen and oxygen atoms in total. The molecule has 1 unspecified atom stereocenters. The van der Waals surface area contributed by atoms with Crippen LogP contribution in [0.1, 0.15) is 45.8 Å². The van der Waals surface area contributed by atoms with Crippen molar-refractivity contribution >= 4 is 11.8 Å². The molecule has 92 valence electrons. The molecule has 16 heavy (non-hydrogen) atoms. The van der Waals surface area contributed by atoms with Gasteiger partial charge in [-0.2, -0.15) is 0 Å². The number of oxazole rings is 1. The van der Waals surface area contributed by atoms with E-state index in [1.54, 1.807) is 0 Å². The van der Waals surface area contributed by atoms with Crippen molar-refractivity contribution in [3.8, 4) is 0 Å². The van der Waals surface area contributed by atoms with Crippen LogP contribution < -0.4 is 5.73 Å². The summed E-state index contributed by atoms with van der Waals surface area (Å²) in [4.78, 5) is 4.30. The lowest BCUT2D eigenvalue weighted by Gasteiger charge is -2.13. The van der Waals surface area contributed by atoms with Gasteiger partial charge in [0.05, 0.1) is 11.9 Å². The van der Waals surface area contributed by atoms with Gasteiger partial charge in [-0.25, -0.2) is 4.98 Å². The van der Waals surface area contributed by atoms with Gasteiger partial charge in [-0.3, -0.25) is 0 Å². The van der Waals surface area contributed by atoms with E-state index in [0.29, 0.717) is 5.25 Å². The molecule has 0 fully saturated rings. The number of thioether (sulfide) groups is 1. The molecule has 0 radical (unpaired) electrons. The lowest BCUT2D eigenvalue weighted by molar-refractivity contribution is 0.390. The van der Waals surface area contributed by atoms with E-state index in [1.807, 2.05) is 18.0 Å². The fourth-order valence-electron chi connectivity index (χ4n) is 1.26. The fourth-order valence-corrected chi connectivity index (χ4v) is 2.12. The molecule has 0 saturated heterocycles. The van der Waals surface area contributed by atoms with Gasteiger partial charge in [0.1, 0.15) is 5.76 Å². The maximum atomic E-state index is 5.71. The molecule has 0 saturated carbocycles. The van der Waals surface area contributed by atoms with E-state index in [9.17, 15) is 0 Å². The lowest BCUT2D eigenvalue weighted by atomic mass is 9.94. The molecule has 1 atom stereocenters. The Bertz CT molecular complexity index is 317. The third-order valence-corrected chi connectivity index (χ3v) is 3.58. The summed E-state index contributed by atoms with van der Waals surface area (Å²) in [5.41, 5.74) is 5.55. The lowest BCUT2D eigenvalue weighted by Crippen LogP contribution is -2.09. The first kappa shape index (κ1) is 13.6. The highest BCUT2D eigenvalue weighted by Crippen LogP contribution is 2.25. The highest BCUT2D eigenvalue weighted by Gasteiger charge is 2.19. The molecule has 1 heterocycles. The topological polar surface area (TPSA) is 52.0 Å². The minimum atomic E-state index is 0.0405. The molecule has 0 aliphatic carbocycles. The van der Waals surface area contributed by atoms with Crippen LogP contribution >= 0.6 is 11.8 Å². The zero-order chi connectivity index (χ0) is 12.2. The van der Waals surface area contributed by atoms with Crippen LogP contribution in [0.15, 0.2) is 10.6 Å². The Morgan fingerprint density at radius 1 is 1.50 bits per heavy atom. The summed E-state index contributed by atoms with van der Waals surface area (Å²) in [6.45, 7) is 9.31. The van der Waals surface area contributed by atoms with Crippen molar-refractivity contribution in [2.24, 2.45) is 5.73 Å². The van der Waals surface area contributed by atoms with Gasteiger partial charge >= 0.3 is 0 Å². The molecule has 4 heteroatoms. The Morgan fingerprint density at radius 3 is 2.69 bits per heavy atom. The van der Waals surface area contributed by atoms with E-state index < -0.39 is 0 Å². The van der Waals surface area contributed by atoms with Gasteiger partial charge in [-0.05, 0) is 13.0 Å². The average molecular weight is 242 g/mol. The Kier molecular flexibility index (Phi) is 4.87. The molecule has 0 aliphatic heterocycles. The van der Waals surface area contributed by atoms with Gasteiger partial charge in [0.25, 0.3) is 0 Å². The standard InChI is InChI=1S/C12H22N2OS/c1-9(5-6-13)16-8-11-14-7-10(15-11)12(2,3)4/h7,9H,5-6,8,13H2,1-4H3. The van der Waals surface area contributed by atoms with Crippen LogP contribution in [0, 0.1) is 0 Å². The van der Waals surface area contributed by atoms with Crippen molar-refractivity contribution in [3.63, 3.8) is 0 Å². The second-order valence-electron chi connectivity index (χ2n) is 5.07. The molecule has 0 aromatic carbocycles. The number of hydrogen-bond donors (Lipinski definition) is 1. The van der Waals surface area contributed by atoms with E-state index in [0.717, 1.165) is 30.4 Å². The van der Waals surface area contributed by atoms with Crippen LogP contribution in [0.5, 0.6) is 0 Å². The van der Waals surface area contributed by atoms with Crippen LogP contribution in [-0.2, 0) is 11.2 Å². The zero-order valence-electron chi connectivity index (χ0n) is 10.6. The molecular weight excluding hydrogens is 220 g/mol. The molecular formula is C12H22N2OS. The van der Waals surface area contributed by atoms with Crippen molar-refractivity contribution in [3.05, 3.63) is 17.8 Å². The first-order chi connectivity index (χ1) is 7.43. The molecule has 2 N–H and O–H groups in total. The summed E-state index contributed by atoms with van der Waals surface area (Å²) in [6.07, 6.45) is 2.88. The number of nitrogens with two attached hydrogens (primary N) is 1. The summed E-state index contributed by atoms with van der Waals surface area (Å²) in [5.74, 6) is 2.60. The van der Waals surface area contributed by atoms with Crippen LogP contribution in [-0.4, -0.2) is 16.8 Å². The molecule has 0 aliphatic rings. The van der Waals surface area contributed by atoms with Crippen molar-refractivity contribution in [2.45, 2.75) is 50.5 Å². The average Bonchev–Trinajstić information content (AvgIpc) is 2.63. The van der Waals surface area contributed by atoms with Crippen molar-refractivity contribution in [1.29, 1.82) is 0 Å². The van der Waals surface area contributed by atoms with Crippen molar-refractivity contribution < 1.29 is 4.42 Å². The number of aromatic nitrogens is 1. The summed E-state index contributed by atoms with van der Waals surface area (Å²) >= 11 is 1.84. The third-order valence-electron chi connectivity index (χ3n) is 2.36. The second-order valence-corrected chi connectivity index (χ2v) is 6.49. The molecule has 1 aromatic rings. The van der Waals surface area contributed by atoms with E-state index >= 15 is 0 Å². The summed E-state index contributed by atoms with van der Waals surface area (Å²) in [7, 11) is 0. The highest BCUT2D eigenvalue weighted by atomic mass is 32.2. The van der Waals surface area contributed by atoms with E-state index in [-0.39, 0.29) is 5.41 Å². The largest absolute Gasteiger partial charge is 0.444 e. The van der Waals surface area contributed by atoms with Crippen LogP contribution in [0.2, 0.25) is 0 Å².